The fourth-order valence-electron chi connectivity index (χ4n) is 1.63. The van der Waals surface area contributed by atoms with Crippen molar-refractivity contribution < 1.29 is 0 Å². The SMILES string of the molecule is Clc1ccc([C@@H](Cl)[C@@H](Br)c2ccc(Cl)cc2)cc1. The maximum absolute atomic E-state index is 6.46. The number of benzene rings is 2. The Bertz CT molecular complexity index is 458. The first-order valence-corrected chi connectivity index (χ1v) is 7.48. The molecule has 0 aliphatic rings. The van der Waals surface area contributed by atoms with Crippen LogP contribution in [0.15, 0.2) is 48.5 Å². The first-order valence-electron chi connectivity index (χ1n) is 5.37. The van der Waals surface area contributed by atoms with Gasteiger partial charge in [0.15, 0.2) is 0 Å². The third-order valence-electron chi connectivity index (χ3n) is 2.63. The molecule has 2 atom stereocenters. The van der Waals surface area contributed by atoms with E-state index in [0.717, 1.165) is 16.1 Å². The summed E-state index contributed by atoms with van der Waals surface area (Å²) in [4.78, 5) is 0.0256. The molecular weight excluding hydrogens is 354 g/mol. The van der Waals surface area contributed by atoms with Crippen molar-refractivity contribution in [2.45, 2.75) is 10.2 Å². The Morgan fingerprint density at radius 2 is 1.11 bits per heavy atom. The van der Waals surface area contributed by atoms with Gasteiger partial charge in [0.25, 0.3) is 0 Å². The van der Waals surface area contributed by atoms with Crippen LogP contribution >= 0.6 is 50.7 Å². The summed E-state index contributed by atoms with van der Waals surface area (Å²) >= 11 is 21.8. The van der Waals surface area contributed by atoms with E-state index < -0.39 is 0 Å². The van der Waals surface area contributed by atoms with E-state index in [-0.39, 0.29) is 10.2 Å². The molecule has 2 aromatic carbocycles. The first-order chi connectivity index (χ1) is 8.58. The van der Waals surface area contributed by atoms with Gasteiger partial charge in [-0.25, -0.2) is 0 Å². The molecule has 0 aromatic heterocycles. The lowest BCUT2D eigenvalue weighted by atomic mass is 10.0. The number of hydrogen-bond acceptors (Lipinski definition) is 0. The van der Waals surface area contributed by atoms with Crippen molar-refractivity contribution in [1.82, 2.24) is 0 Å². The molecule has 0 heterocycles. The molecule has 2 aromatic rings. The molecule has 4 heteroatoms. The van der Waals surface area contributed by atoms with Crippen molar-refractivity contribution in [1.29, 1.82) is 0 Å². The Labute approximate surface area is 130 Å². The molecule has 0 N–H and O–H groups in total. The maximum Gasteiger partial charge on any atom is 0.0751 e. The highest BCUT2D eigenvalue weighted by Gasteiger charge is 2.19. The highest BCUT2D eigenvalue weighted by molar-refractivity contribution is 9.09. The van der Waals surface area contributed by atoms with E-state index in [2.05, 4.69) is 15.9 Å². The van der Waals surface area contributed by atoms with Crippen LogP contribution in [-0.4, -0.2) is 0 Å². The third kappa shape index (κ3) is 3.42. The molecule has 0 saturated carbocycles. The van der Waals surface area contributed by atoms with E-state index >= 15 is 0 Å². The molecule has 0 nitrogen and oxygen atoms in total. The van der Waals surface area contributed by atoms with E-state index in [0.29, 0.717) is 5.02 Å². The van der Waals surface area contributed by atoms with Crippen LogP contribution in [0.3, 0.4) is 0 Å². The Balaban J connectivity index is 2.20. The monoisotopic (exact) mass is 362 g/mol. The van der Waals surface area contributed by atoms with Gasteiger partial charge in [-0.3, -0.25) is 0 Å². The second-order valence-corrected chi connectivity index (χ2v) is 6.24. The summed E-state index contributed by atoms with van der Waals surface area (Å²) in [6.07, 6.45) is 0. The van der Waals surface area contributed by atoms with Gasteiger partial charge in [-0.15, -0.1) is 11.6 Å². The van der Waals surface area contributed by atoms with Gasteiger partial charge in [-0.05, 0) is 35.4 Å². The minimum Gasteiger partial charge on any atom is -0.116 e. The van der Waals surface area contributed by atoms with Crippen LogP contribution in [0.5, 0.6) is 0 Å². The Morgan fingerprint density at radius 1 is 0.722 bits per heavy atom. The lowest BCUT2D eigenvalue weighted by molar-refractivity contribution is 0.909. The summed E-state index contributed by atoms with van der Waals surface area (Å²) in [5.41, 5.74) is 2.12. The Kier molecular flexibility index (Phi) is 4.97. The summed E-state index contributed by atoms with van der Waals surface area (Å²) in [6, 6.07) is 15.2. The largest absolute Gasteiger partial charge is 0.116 e. The van der Waals surface area contributed by atoms with E-state index in [1.54, 1.807) is 0 Å². The van der Waals surface area contributed by atoms with Gasteiger partial charge >= 0.3 is 0 Å². The van der Waals surface area contributed by atoms with Crippen LogP contribution in [0.2, 0.25) is 10.0 Å². The van der Waals surface area contributed by atoms with Gasteiger partial charge in [0.2, 0.25) is 0 Å². The summed E-state index contributed by atoms with van der Waals surface area (Å²) in [5, 5.41) is 1.26. The molecule has 0 aliphatic carbocycles. The fraction of sp³-hybridized carbons (Fsp3) is 0.143. The van der Waals surface area contributed by atoms with Gasteiger partial charge < -0.3 is 0 Å². The standard InChI is InChI=1S/C14H10BrCl3/c15-13(9-1-5-11(16)6-2-9)14(18)10-3-7-12(17)8-4-10/h1-8,13-14H/t13-,14+/m0/s1. The molecule has 0 saturated heterocycles. The smallest absolute Gasteiger partial charge is 0.0751 e. The van der Waals surface area contributed by atoms with Crippen molar-refractivity contribution in [3.05, 3.63) is 69.7 Å². The van der Waals surface area contributed by atoms with Crippen LogP contribution in [-0.2, 0) is 0 Å². The van der Waals surface area contributed by atoms with Gasteiger partial charge in [0.1, 0.15) is 0 Å². The summed E-state index contributed by atoms with van der Waals surface area (Å²) < 4.78 is 0. The molecule has 0 amide bonds. The number of alkyl halides is 2. The number of hydrogen-bond donors (Lipinski definition) is 0. The van der Waals surface area contributed by atoms with Crippen molar-refractivity contribution in [2.24, 2.45) is 0 Å². The Hall–Kier alpha value is -0.210. The molecule has 0 fully saturated rings. The number of rotatable bonds is 3. The van der Waals surface area contributed by atoms with E-state index in [4.69, 9.17) is 34.8 Å². The molecule has 0 spiro atoms. The fourth-order valence-corrected chi connectivity index (χ4v) is 2.78. The third-order valence-corrected chi connectivity index (χ3v) is 5.00. The zero-order valence-corrected chi connectivity index (χ0v) is 13.1. The molecule has 0 radical (unpaired) electrons. The highest BCUT2D eigenvalue weighted by Crippen LogP contribution is 2.41. The van der Waals surface area contributed by atoms with E-state index in [9.17, 15) is 0 Å². The normalized spacial score (nSPS) is 14.2. The molecule has 94 valence electrons. The predicted molar refractivity (Wildman–Crippen MR) is 83.2 cm³/mol. The predicted octanol–water partition coefficient (Wildman–Crippen LogP) is 6.41. The molecule has 2 rings (SSSR count). The van der Waals surface area contributed by atoms with Crippen molar-refractivity contribution in [3.63, 3.8) is 0 Å². The lowest BCUT2D eigenvalue weighted by Crippen LogP contribution is -1.99. The van der Waals surface area contributed by atoms with Crippen molar-refractivity contribution >= 4 is 50.7 Å². The minimum absolute atomic E-state index is 0.0256. The number of halogens is 4. The molecule has 0 bridgehead atoms. The zero-order valence-electron chi connectivity index (χ0n) is 9.29. The van der Waals surface area contributed by atoms with Crippen LogP contribution in [0, 0.1) is 0 Å². The van der Waals surface area contributed by atoms with E-state index in [1.165, 1.54) is 0 Å². The molecular formula is C14H10BrCl3. The highest BCUT2D eigenvalue weighted by atomic mass is 79.9. The molecule has 0 aliphatic heterocycles. The molecule has 0 unspecified atom stereocenters. The quantitative estimate of drug-likeness (QED) is 0.552. The van der Waals surface area contributed by atoms with Crippen molar-refractivity contribution in [2.75, 3.05) is 0 Å². The second kappa shape index (κ2) is 6.29. The van der Waals surface area contributed by atoms with Crippen LogP contribution in [0.1, 0.15) is 21.3 Å². The van der Waals surface area contributed by atoms with Crippen molar-refractivity contribution in [3.8, 4) is 0 Å². The average Bonchev–Trinajstić information content (AvgIpc) is 2.39. The zero-order chi connectivity index (χ0) is 13.1. The van der Waals surface area contributed by atoms with Gasteiger partial charge in [-0.2, -0.15) is 0 Å². The average molecular weight is 364 g/mol. The summed E-state index contributed by atoms with van der Waals surface area (Å²) in [7, 11) is 0. The van der Waals surface area contributed by atoms with Crippen LogP contribution in [0.25, 0.3) is 0 Å². The van der Waals surface area contributed by atoms with Crippen LogP contribution in [0.4, 0.5) is 0 Å². The second-order valence-electron chi connectivity index (χ2n) is 3.91. The van der Waals surface area contributed by atoms with Crippen LogP contribution < -0.4 is 0 Å². The topological polar surface area (TPSA) is 0 Å². The Morgan fingerprint density at radius 3 is 1.56 bits per heavy atom. The van der Waals surface area contributed by atoms with Gasteiger partial charge in [-0.1, -0.05) is 63.4 Å². The van der Waals surface area contributed by atoms with Gasteiger partial charge in [0.05, 0.1) is 10.2 Å². The minimum atomic E-state index is -0.163. The lowest BCUT2D eigenvalue weighted by Gasteiger charge is -2.17. The molecule has 18 heavy (non-hydrogen) atoms. The van der Waals surface area contributed by atoms with Gasteiger partial charge in [0, 0.05) is 10.0 Å². The van der Waals surface area contributed by atoms with E-state index in [1.807, 2.05) is 48.5 Å². The maximum atomic E-state index is 6.46. The summed E-state index contributed by atoms with van der Waals surface area (Å²) in [5.74, 6) is 0. The summed E-state index contributed by atoms with van der Waals surface area (Å²) in [6.45, 7) is 0. The first kappa shape index (κ1) is 14.2.